The molecule has 152 valence electrons. The van der Waals surface area contributed by atoms with Crippen molar-refractivity contribution < 1.29 is 13.2 Å². The van der Waals surface area contributed by atoms with Gasteiger partial charge in [-0.15, -0.1) is 0 Å². The summed E-state index contributed by atoms with van der Waals surface area (Å²) in [7, 11) is -1.72. The van der Waals surface area contributed by atoms with Gasteiger partial charge < -0.3 is 4.57 Å². The molecule has 1 aromatic heterocycles. The van der Waals surface area contributed by atoms with Crippen LogP contribution in [-0.4, -0.2) is 36.3 Å². The van der Waals surface area contributed by atoms with Crippen LogP contribution in [0.5, 0.6) is 0 Å². The fraction of sp³-hybridized carbons (Fsp3) is 0.333. The Labute approximate surface area is 174 Å². The quantitative estimate of drug-likeness (QED) is 0.642. The van der Waals surface area contributed by atoms with E-state index in [1.165, 1.54) is 15.6 Å². The lowest BCUT2D eigenvalue weighted by Gasteiger charge is -2.30. The zero-order valence-corrected chi connectivity index (χ0v) is 18.0. The van der Waals surface area contributed by atoms with Crippen LogP contribution >= 0.6 is 11.3 Å². The van der Waals surface area contributed by atoms with Gasteiger partial charge >= 0.3 is 0 Å². The summed E-state index contributed by atoms with van der Waals surface area (Å²) in [6.07, 6.45) is 1.30. The molecule has 0 spiro atoms. The number of fused-ring (bicyclic) bond motifs is 1. The standard InChI is InChI=1S/C21H23N3O3S2/c1-15-9-11-17(12-10-15)29(26,27)24-13-5-6-16(14-24)20(25)22-21-23(2)18-7-3-4-8-19(18)28-21/h3-4,7-12,16H,5-6,13-14H2,1-2H3. The minimum atomic E-state index is -3.61. The molecule has 1 fully saturated rings. The molecule has 2 heterocycles. The second-order valence-corrected chi connectivity index (χ2v) is 10.3. The van der Waals surface area contributed by atoms with Gasteiger partial charge in [0.15, 0.2) is 4.80 Å². The summed E-state index contributed by atoms with van der Waals surface area (Å²) < 4.78 is 30.3. The number of carbonyl (C=O) groups is 1. The summed E-state index contributed by atoms with van der Waals surface area (Å²) >= 11 is 1.46. The van der Waals surface area contributed by atoms with Crippen molar-refractivity contribution in [1.29, 1.82) is 0 Å². The van der Waals surface area contributed by atoms with Crippen LogP contribution in [-0.2, 0) is 21.9 Å². The first-order valence-corrected chi connectivity index (χ1v) is 11.8. The monoisotopic (exact) mass is 429 g/mol. The van der Waals surface area contributed by atoms with Crippen LogP contribution in [0.2, 0.25) is 0 Å². The Bertz CT molecular complexity index is 1220. The molecule has 1 aliphatic heterocycles. The van der Waals surface area contributed by atoms with Crippen LogP contribution in [0.15, 0.2) is 58.4 Å². The average molecular weight is 430 g/mol. The number of carbonyl (C=O) groups excluding carboxylic acids is 1. The molecule has 8 heteroatoms. The highest BCUT2D eigenvalue weighted by molar-refractivity contribution is 7.89. The number of piperidine rings is 1. The molecule has 29 heavy (non-hydrogen) atoms. The highest BCUT2D eigenvalue weighted by Crippen LogP contribution is 2.25. The number of hydrogen-bond donors (Lipinski definition) is 0. The van der Waals surface area contributed by atoms with Crippen LogP contribution in [0.25, 0.3) is 10.2 Å². The molecule has 0 N–H and O–H groups in total. The lowest BCUT2D eigenvalue weighted by molar-refractivity contribution is -0.122. The first-order chi connectivity index (χ1) is 13.9. The van der Waals surface area contributed by atoms with E-state index in [9.17, 15) is 13.2 Å². The van der Waals surface area contributed by atoms with Crippen molar-refractivity contribution in [3.05, 3.63) is 58.9 Å². The van der Waals surface area contributed by atoms with Crippen LogP contribution in [0, 0.1) is 12.8 Å². The summed E-state index contributed by atoms with van der Waals surface area (Å²) in [5.74, 6) is -0.676. The van der Waals surface area contributed by atoms with Gasteiger partial charge in [-0.25, -0.2) is 8.42 Å². The Morgan fingerprint density at radius 2 is 1.86 bits per heavy atom. The van der Waals surface area contributed by atoms with E-state index in [1.54, 1.807) is 24.3 Å². The van der Waals surface area contributed by atoms with Gasteiger partial charge in [0.1, 0.15) is 0 Å². The second kappa shape index (κ2) is 7.85. The largest absolute Gasteiger partial charge is 0.319 e. The van der Waals surface area contributed by atoms with Gasteiger partial charge in [0.2, 0.25) is 10.0 Å². The number of benzene rings is 2. The topological polar surface area (TPSA) is 71.7 Å². The second-order valence-electron chi connectivity index (χ2n) is 7.38. The van der Waals surface area contributed by atoms with E-state index in [0.717, 1.165) is 15.8 Å². The van der Waals surface area contributed by atoms with Gasteiger partial charge in [0, 0.05) is 20.1 Å². The van der Waals surface area contributed by atoms with Crippen LogP contribution < -0.4 is 4.80 Å². The zero-order chi connectivity index (χ0) is 20.6. The number of sulfonamides is 1. The summed E-state index contributed by atoms with van der Waals surface area (Å²) in [6.45, 7) is 2.52. The normalized spacial score (nSPS) is 19.0. The van der Waals surface area contributed by atoms with Gasteiger partial charge in [-0.2, -0.15) is 9.30 Å². The SMILES string of the molecule is Cc1ccc(S(=O)(=O)N2CCCC(C(=O)N=c3sc4ccccc4n3C)C2)cc1. The number of rotatable bonds is 3. The maximum atomic E-state index is 13.0. The molecular formula is C21H23N3O3S2. The molecule has 0 radical (unpaired) electrons. The lowest BCUT2D eigenvalue weighted by atomic mass is 9.99. The molecule has 1 atom stereocenters. The number of hydrogen-bond acceptors (Lipinski definition) is 4. The summed E-state index contributed by atoms with van der Waals surface area (Å²) in [4.78, 5) is 18.1. The predicted octanol–water partition coefficient (Wildman–Crippen LogP) is 3.08. The zero-order valence-electron chi connectivity index (χ0n) is 16.4. The Morgan fingerprint density at radius 3 is 2.59 bits per heavy atom. The van der Waals surface area contributed by atoms with E-state index in [0.29, 0.717) is 24.2 Å². The Balaban J connectivity index is 1.58. The molecule has 6 nitrogen and oxygen atoms in total. The van der Waals surface area contributed by atoms with E-state index in [4.69, 9.17) is 0 Å². The molecule has 2 aromatic carbocycles. The number of aromatic nitrogens is 1. The third kappa shape index (κ3) is 3.92. The van der Waals surface area contributed by atoms with Crippen molar-refractivity contribution >= 4 is 37.5 Å². The maximum absolute atomic E-state index is 13.0. The molecule has 1 saturated heterocycles. The Morgan fingerprint density at radius 1 is 1.14 bits per heavy atom. The smallest absolute Gasteiger partial charge is 0.252 e. The van der Waals surface area contributed by atoms with Crippen LogP contribution in [0.3, 0.4) is 0 Å². The third-order valence-electron chi connectivity index (χ3n) is 5.31. The highest BCUT2D eigenvalue weighted by Gasteiger charge is 2.33. The molecule has 3 aromatic rings. The van der Waals surface area contributed by atoms with Crippen LogP contribution in [0.1, 0.15) is 18.4 Å². The van der Waals surface area contributed by atoms with Crippen molar-refractivity contribution in [2.75, 3.05) is 13.1 Å². The molecule has 0 saturated carbocycles. The lowest BCUT2D eigenvalue weighted by Crippen LogP contribution is -2.42. The average Bonchev–Trinajstić information content (AvgIpc) is 3.04. The molecular weight excluding hydrogens is 406 g/mol. The molecule has 0 bridgehead atoms. The minimum Gasteiger partial charge on any atom is -0.319 e. The van der Waals surface area contributed by atoms with Gasteiger partial charge in [0.25, 0.3) is 5.91 Å². The highest BCUT2D eigenvalue weighted by atomic mass is 32.2. The van der Waals surface area contributed by atoms with E-state index < -0.39 is 15.9 Å². The van der Waals surface area contributed by atoms with Gasteiger partial charge in [-0.1, -0.05) is 41.2 Å². The summed E-state index contributed by atoms with van der Waals surface area (Å²) in [5, 5.41) is 0. The van der Waals surface area contributed by atoms with E-state index in [1.807, 2.05) is 42.8 Å². The molecule has 0 aliphatic carbocycles. The molecule has 1 aliphatic rings. The molecule has 1 amide bonds. The Kier molecular flexibility index (Phi) is 5.42. The fourth-order valence-electron chi connectivity index (χ4n) is 3.60. The van der Waals surface area contributed by atoms with E-state index in [2.05, 4.69) is 4.99 Å². The van der Waals surface area contributed by atoms with Crippen molar-refractivity contribution in [3.63, 3.8) is 0 Å². The third-order valence-corrected chi connectivity index (χ3v) is 8.30. The first-order valence-electron chi connectivity index (χ1n) is 9.56. The fourth-order valence-corrected chi connectivity index (χ4v) is 6.14. The van der Waals surface area contributed by atoms with Crippen molar-refractivity contribution in [2.24, 2.45) is 18.0 Å². The molecule has 4 rings (SSSR count). The number of para-hydroxylation sites is 1. The Hall–Kier alpha value is -2.29. The van der Waals surface area contributed by atoms with E-state index in [-0.39, 0.29) is 17.3 Å². The minimum absolute atomic E-state index is 0.174. The van der Waals surface area contributed by atoms with Crippen LogP contribution in [0.4, 0.5) is 0 Å². The predicted molar refractivity (Wildman–Crippen MR) is 114 cm³/mol. The molecule has 1 unspecified atom stereocenters. The van der Waals surface area contributed by atoms with Gasteiger partial charge in [0.05, 0.1) is 21.0 Å². The number of thiazole rings is 1. The van der Waals surface area contributed by atoms with E-state index >= 15 is 0 Å². The van der Waals surface area contributed by atoms with Gasteiger partial charge in [-0.05, 0) is 44.0 Å². The number of nitrogens with zero attached hydrogens (tertiary/aromatic N) is 3. The number of aryl methyl sites for hydroxylation is 2. The van der Waals surface area contributed by atoms with Crippen molar-refractivity contribution in [3.8, 4) is 0 Å². The first kappa shape index (κ1) is 20.0. The van der Waals surface area contributed by atoms with Crippen molar-refractivity contribution in [2.45, 2.75) is 24.7 Å². The maximum Gasteiger partial charge on any atom is 0.252 e. The summed E-state index contributed by atoms with van der Waals surface area (Å²) in [5.41, 5.74) is 2.03. The summed E-state index contributed by atoms with van der Waals surface area (Å²) in [6, 6.07) is 14.7. The van der Waals surface area contributed by atoms with Gasteiger partial charge in [-0.3, -0.25) is 4.79 Å². The van der Waals surface area contributed by atoms with Crippen molar-refractivity contribution in [1.82, 2.24) is 8.87 Å². The number of amides is 1.